The van der Waals surface area contributed by atoms with Gasteiger partial charge < -0.3 is 4.90 Å². The minimum atomic E-state index is -0.200. The quantitative estimate of drug-likeness (QED) is 0.631. The van der Waals surface area contributed by atoms with Gasteiger partial charge in [-0.25, -0.2) is 5.43 Å². The van der Waals surface area contributed by atoms with E-state index in [4.69, 9.17) is 0 Å². The van der Waals surface area contributed by atoms with E-state index in [0.29, 0.717) is 5.56 Å². The van der Waals surface area contributed by atoms with Crippen LogP contribution in [0, 0.1) is 13.8 Å². The molecular formula is C21H27N3O. The molecule has 4 nitrogen and oxygen atoms in total. The largest absolute Gasteiger partial charge is 0.372 e. The van der Waals surface area contributed by atoms with Crippen molar-refractivity contribution in [3.8, 4) is 0 Å². The summed E-state index contributed by atoms with van der Waals surface area (Å²) in [5.41, 5.74) is 8.63. The molecule has 0 aliphatic carbocycles. The van der Waals surface area contributed by atoms with E-state index in [1.54, 1.807) is 0 Å². The highest BCUT2D eigenvalue weighted by Crippen LogP contribution is 2.15. The van der Waals surface area contributed by atoms with Crippen LogP contribution in [0.4, 0.5) is 5.69 Å². The lowest BCUT2D eigenvalue weighted by Crippen LogP contribution is -2.22. The number of hydrazone groups is 1. The van der Waals surface area contributed by atoms with Crippen LogP contribution in [0.2, 0.25) is 0 Å². The summed E-state index contributed by atoms with van der Waals surface area (Å²) in [4.78, 5) is 14.5. The van der Waals surface area contributed by atoms with Crippen molar-refractivity contribution in [2.75, 3.05) is 18.0 Å². The van der Waals surface area contributed by atoms with Crippen LogP contribution in [0.15, 0.2) is 47.6 Å². The van der Waals surface area contributed by atoms with Gasteiger partial charge in [0, 0.05) is 24.3 Å². The van der Waals surface area contributed by atoms with E-state index < -0.39 is 0 Å². The molecule has 0 unspecified atom stereocenters. The van der Waals surface area contributed by atoms with Crippen LogP contribution in [0.3, 0.4) is 0 Å². The van der Waals surface area contributed by atoms with Crippen molar-refractivity contribution in [1.82, 2.24) is 5.43 Å². The molecule has 0 radical (unpaired) electrons. The summed E-state index contributed by atoms with van der Waals surface area (Å²) >= 11 is 0. The smallest absolute Gasteiger partial charge is 0.271 e. The first-order valence-corrected chi connectivity index (χ1v) is 8.73. The highest BCUT2D eigenvalue weighted by molar-refractivity contribution is 6.01. The molecule has 0 aliphatic rings. The van der Waals surface area contributed by atoms with Crippen molar-refractivity contribution >= 4 is 17.3 Å². The molecule has 2 aromatic rings. The van der Waals surface area contributed by atoms with Crippen molar-refractivity contribution in [2.45, 2.75) is 34.6 Å². The molecule has 0 bridgehead atoms. The standard InChI is InChI=1S/C21H27N3O/c1-6-24(7-2)20-12-10-18(11-13-20)21(25)23-22-17(5)19-9-8-15(3)16(4)14-19/h8-14H,6-7H2,1-5H3,(H,23,25)/b22-17-. The molecule has 0 aliphatic heterocycles. The van der Waals surface area contributed by atoms with Crippen molar-refractivity contribution < 1.29 is 4.79 Å². The Morgan fingerprint density at radius 3 is 2.12 bits per heavy atom. The Hall–Kier alpha value is -2.62. The van der Waals surface area contributed by atoms with E-state index in [1.807, 2.05) is 37.3 Å². The molecule has 1 N–H and O–H groups in total. The van der Waals surface area contributed by atoms with E-state index in [0.717, 1.165) is 30.1 Å². The SMILES string of the molecule is CCN(CC)c1ccc(C(=O)N/N=C(/C)c2ccc(C)c(C)c2)cc1. The highest BCUT2D eigenvalue weighted by atomic mass is 16.2. The molecule has 132 valence electrons. The van der Waals surface area contributed by atoms with Crippen LogP contribution >= 0.6 is 0 Å². The molecule has 1 amide bonds. The van der Waals surface area contributed by atoms with E-state index in [2.05, 4.69) is 55.3 Å². The Kier molecular flexibility index (Phi) is 6.34. The first kappa shape index (κ1) is 18.7. The molecule has 2 aromatic carbocycles. The third-order valence-corrected chi connectivity index (χ3v) is 4.51. The normalized spacial score (nSPS) is 11.3. The Morgan fingerprint density at radius 2 is 1.56 bits per heavy atom. The summed E-state index contributed by atoms with van der Waals surface area (Å²) in [6, 6.07) is 13.8. The maximum atomic E-state index is 12.3. The molecule has 25 heavy (non-hydrogen) atoms. The van der Waals surface area contributed by atoms with Crippen LogP contribution in [-0.2, 0) is 0 Å². The van der Waals surface area contributed by atoms with Crippen LogP contribution < -0.4 is 10.3 Å². The molecule has 0 heterocycles. The molecule has 0 saturated carbocycles. The number of hydrogen-bond acceptors (Lipinski definition) is 3. The topological polar surface area (TPSA) is 44.7 Å². The van der Waals surface area contributed by atoms with Gasteiger partial charge in [-0.3, -0.25) is 4.79 Å². The van der Waals surface area contributed by atoms with Gasteiger partial charge in [0.2, 0.25) is 0 Å². The Balaban J connectivity index is 2.07. The van der Waals surface area contributed by atoms with Crippen molar-refractivity contribution in [3.63, 3.8) is 0 Å². The number of benzene rings is 2. The van der Waals surface area contributed by atoms with Gasteiger partial charge in [-0.2, -0.15) is 5.10 Å². The fourth-order valence-corrected chi connectivity index (χ4v) is 2.64. The number of nitrogens with zero attached hydrogens (tertiary/aromatic N) is 2. The number of hydrogen-bond donors (Lipinski definition) is 1. The number of nitrogens with one attached hydrogen (secondary N) is 1. The molecule has 0 atom stereocenters. The number of carbonyl (C=O) groups excluding carboxylic acids is 1. The first-order valence-electron chi connectivity index (χ1n) is 8.73. The minimum absolute atomic E-state index is 0.200. The number of carbonyl (C=O) groups is 1. The van der Waals surface area contributed by atoms with Gasteiger partial charge in [0.05, 0.1) is 5.71 Å². The summed E-state index contributed by atoms with van der Waals surface area (Å²) in [6.45, 7) is 12.2. The minimum Gasteiger partial charge on any atom is -0.372 e. The van der Waals surface area contributed by atoms with Gasteiger partial charge in [-0.1, -0.05) is 12.1 Å². The maximum Gasteiger partial charge on any atom is 0.271 e. The van der Waals surface area contributed by atoms with Gasteiger partial charge in [-0.05, 0) is 81.6 Å². The summed E-state index contributed by atoms with van der Waals surface area (Å²) in [5, 5.41) is 4.24. The highest BCUT2D eigenvalue weighted by Gasteiger charge is 2.07. The number of rotatable bonds is 6. The molecule has 2 rings (SSSR count). The van der Waals surface area contributed by atoms with E-state index in [1.165, 1.54) is 11.1 Å². The average Bonchev–Trinajstić information content (AvgIpc) is 2.63. The predicted octanol–water partition coefficient (Wildman–Crippen LogP) is 4.30. The molecular weight excluding hydrogens is 310 g/mol. The lowest BCUT2D eigenvalue weighted by Gasteiger charge is -2.20. The monoisotopic (exact) mass is 337 g/mol. The van der Waals surface area contributed by atoms with Crippen molar-refractivity contribution in [2.24, 2.45) is 5.10 Å². The van der Waals surface area contributed by atoms with Gasteiger partial charge in [0.15, 0.2) is 0 Å². The van der Waals surface area contributed by atoms with Gasteiger partial charge in [0.25, 0.3) is 5.91 Å². The van der Waals surface area contributed by atoms with Crippen LogP contribution in [0.25, 0.3) is 0 Å². The van der Waals surface area contributed by atoms with Crippen LogP contribution in [0.5, 0.6) is 0 Å². The summed E-state index contributed by atoms with van der Waals surface area (Å²) < 4.78 is 0. The summed E-state index contributed by atoms with van der Waals surface area (Å²) in [7, 11) is 0. The van der Waals surface area contributed by atoms with Crippen LogP contribution in [-0.4, -0.2) is 24.7 Å². The van der Waals surface area contributed by atoms with Crippen LogP contribution in [0.1, 0.15) is 47.8 Å². The Labute approximate surface area is 150 Å². The van der Waals surface area contributed by atoms with Gasteiger partial charge in [-0.15, -0.1) is 0 Å². The fourth-order valence-electron chi connectivity index (χ4n) is 2.64. The van der Waals surface area contributed by atoms with E-state index >= 15 is 0 Å². The fraction of sp³-hybridized carbons (Fsp3) is 0.333. The second-order valence-corrected chi connectivity index (χ2v) is 6.16. The third kappa shape index (κ3) is 4.69. The molecule has 0 aromatic heterocycles. The number of anilines is 1. The van der Waals surface area contributed by atoms with Gasteiger partial charge >= 0.3 is 0 Å². The lowest BCUT2D eigenvalue weighted by molar-refractivity contribution is 0.0955. The molecule has 4 heteroatoms. The van der Waals surface area contributed by atoms with E-state index in [9.17, 15) is 4.79 Å². The van der Waals surface area contributed by atoms with Crippen molar-refractivity contribution in [3.05, 3.63) is 64.7 Å². The number of aryl methyl sites for hydroxylation is 2. The number of amides is 1. The Morgan fingerprint density at radius 1 is 0.960 bits per heavy atom. The molecule has 0 fully saturated rings. The maximum absolute atomic E-state index is 12.3. The molecule has 0 saturated heterocycles. The zero-order chi connectivity index (χ0) is 18.4. The third-order valence-electron chi connectivity index (χ3n) is 4.51. The zero-order valence-electron chi connectivity index (χ0n) is 15.8. The second-order valence-electron chi connectivity index (χ2n) is 6.16. The molecule has 0 spiro atoms. The van der Waals surface area contributed by atoms with E-state index in [-0.39, 0.29) is 5.91 Å². The summed E-state index contributed by atoms with van der Waals surface area (Å²) in [5.74, 6) is -0.200. The first-order chi connectivity index (χ1) is 12.0. The predicted molar refractivity (Wildman–Crippen MR) is 106 cm³/mol. The zero-order valence-corrected chi connectivity index (χ0v) is 15.8. The Bertz CT molecular complexity index is 759. The second kappa shape index (κ2) is 8.47. The van der Waals surface area contributed by atoms with Crippen molar-refractivity contribution in [1.29, 1.82) is 0 Å². The average molecular weight is 337 g/mol. The summed E-state index contributed by atoms with van der Waals surface area (Å²) in [6.07, 6.45) is 0. The lowest BCUT2D eigenvalue weighted by atomic mass is 10.0. The van der Waals surface area contributed by atoms with Gasteiger partial charge in [0.1, 0.15) is 0 Å².